The van der Waals surface area contributed by atoms with Crippen LogP contribution in [0.5, 0.6) is 5.75 Å². The fraction of sp³-hybridized carbons (Fsp3) is 0.304. The number of para-hydroxylation sites is 1. The normalized spacial score (nSPS) is 20.1. The van der Waals surface area contributed by atoms with Crippen LogP contribution in [0.1, 0.15) is 44.0 Å². The number of fused-ring (bicyclic) bond motifs is 6. The lowest BCUT2D eigenvalue weighted by Gasteiger charge is -2.50. The van der Waals surface area contributed by atoms with Crippen LogP contribution in [0.25, 0.3) is 10.8 Å². The van der Waals surface area contributed by atoms with Gasteiger partial charge in [0.1, 0.15) is 5.75 Å². The van der Waals surface area contributed by atoms with Crippen LogP contribution < -0.4 is 9.64 Å². The zero-order chi connectivity index (χ0) is 17.7. The van der Waals surface area contributed by atoms with Gasteiger partial charge in [0.2, 0.25) is 0 Å². The summed E-state index contributed by atoms with van der Waals surface area (Å²) in [5, 5.41) is 2.42. The van der Waals surface area contributed by atoms with Crippen LogP contribution in [0, 0.1) is 0 Å². The van der Waals surface area contributed by atoms with Crippen molar-refractivity contribution in [3.05, 3.63) is 71.8 Å². The molecule has 2 aliphatic heterocycles. The van der Waals surface area contributed by atoms with Gasteiger partial charge in [0.15, 0.2) is 13.0 Å². The number of hydrogen-bond donors (Lipinski definition) is 0. The highest BCUT2D eigenvalue weighted by atomic mass is 16.6. The fourth-order valence-corrected chi connectivity index (χ4v) is 4.44. The standard InChI is InChI=1S/C23H23NO2/c1-3-23(4-2)19-11-7-8-12-20(19)24-15-25-21-14-17-10-6-5-9-16(17)13-18(21)22(24)26-23/h5-14,22H,3-4,15H2,1-2H3/t22-/m0/s1. The molecule has 3 aromatic rings. The summed E-state index contributed by atoms with van der Waals surface area (Å²) < 4.78 is 13.0. The minimum Gasteiger partial charge on any atom is -0.473 e. The van der Waals surface area contributed by atoms with E-state index in [1.54, 1.807) is 0 Å². The van der Waals surface area contributed by atoms with Gasteiger partial charge in [-0.2, -0.15) is 0 Å². The summed E-state index contributed by atoms with van der Waals surface area (Å²) >= 11 is 0. The highest BCUT2D eigenvalue weighted by molar-refractivity contribution is 5.85. The van der Waals surface area contributed by atoms with Crippen molar-refractivity contribution in [1.29, 1.82) is 0 Å². The molecule has 2 heterocycles. The summed E-state index contributed by atoms with van der Waals surface area (Å²) in [4.78, 5) is 2.25. The highest BCUT2D eigenvalue weighted by Crippen LogP contribution is 2.52. The molecule has 0 spiro atoms. The quantitative estimate of drug-likeness (QED) is 0.591. The Morgan fingerprint density at radius 1 is 0.962 bits per heavy atom. The van der Waals surface area contributed by atoms with Gasteiger partial charge in [0.05, 0.1) is 5.60 Å². The van der Waals surface area contributed by atoms with Crippen molar-refractivity contribution in [2.75, 3.05) is 11.6 Å². The predicted molar refractivity (Wildman–Crippen MR) is 104 cm³/mol. The Morgan fingerprint density at radius 3 is 2.42 bits per heavy atom. The molecule has 26 heavy (non-hydrogen) atoms. The average molecular weight is 345 g/mol. The Kier molecular flexibility index (Phi) is 3.47. The van der Waals surface area contributed by atoms with Gasteiger partial charge in [-0.15, -0.1) is 0 Å². The van der Waals surface area contributed by atoms with Gasteiger partial charge in [-0.05, 0) is 41.8 Å². The molecule has 3 heteroatoms. The molecule has 0 unspecified atom stereocenters. The molecule has 0 saturated carbocycles. The summed E-state index contributed by atoms with van der Waals surface area (Å²) in [5.41, 5.74) is 3.37. The van der Waals surface area contributed by atoms with Crippen LogP contribution in [-0.4, -0.2) is 6.73 Å². The molecule has 0 N–H and O–H groups in total. The van der Waals surface area contributed by atoms with Crippen LogP contribution >= 0.6 is 0 Å². The Hall–Kier alpha value is -2.52. The third kappa shape index (κ3) is 2.10. The SMILES string of the molecule is CCC1(CC)O[C@H]2c3cc4ccccc4cc3OCN2c2ccccc21. The van der Waals surface area contributed by atoms with Crippen molar-refractivity contribution in [3.8, 4) is 5.75 Å². The van der Waals surface area contributed by atoms with Gasteiger partial charge in [-0.1, -0.05) is 56.3 Å². The molecule has 0 bridgehead atoms. The van der Waals surface area contributed by atoms with Crippen LogP contribution in [0.3, 0.4) is 0 Å². The van der Waals surface area contributed by atoms with Crippen molar-refractivity contribution in [3.63, 3.8) is 0 Å². The summed E-state index contributed by atoms with van der Waals surface area (Å²) in [6.45, 7) is 4.95. The van der Waals surface area contributed by atoms with E-state index in [1.165, 1.54) is 22.0 Å². The number of ether oxygens (including phenoxy) is 2. The molecule has 132 valence electrons. The van der Waals surface area contributed by atoms with E-state index in [9.17, 15) is 0 Å². The number of hydrogen-bond acceptors (Lipinski definition) is 3. The van der Waals surface area contributed by atoms with Crippen LogP contribution in [0.2, 0.25) is 0 Å². The van der Waals surface area contributed by atoms with Gasteiger partial charge < -0.3 is 14.4 Å². The smallest absolute Gasteiger partial charge is 0.163 e. The zero-order valence-electron chi connectivity index (χ0n) is 15.2. The molecule has 0 amide bonds. The monoisotopic (exact) mass is 345 g/mol. The first-order chi connectivity index (χ1) is 12.8. The Labute approximate surface area is 154 Å². The maximum absolute atomic E-state index is 6.82. The largest absolute Gasteiger partial charge is 0.473 e. The van der Waals surface area contributed by atoms with E-state index in [2.05, 4.69) is 79.4 Å². The number of anilines is 1. The van der Waals surface area contributed by atoms with Crippen molar-refractivity contribution < 1.29 is 9.47 Å². The molecule has 0 saturated heterocycles. The van der Waals surface area contributed by atoms with Crippen LogP contribution in [-0.2, 0) is 10.3 Å². The first kappa shape index (κ1) is 15.7. The lowest BCUT2D eigenvalue weighted by molar-refractivity contribution is -0.126. The predicted octanol–water partition coefficient (Wildman–Crippen LogP) is 5.74. The van der Waals surface area contributed by atoms with Gasteiger partial charge in [0, 0.05) is 16.8 Å². The molecule has 3 aromatic carbocycles. The second-order valence-corrected chi connectivity index (χ2v) is 7.17. The van der Waals surface area contributed by atoms with Crippen molar-refractivity contribution in [1.82, 2.24) is 0 Å². The van der Waals surface area contributed by atoms with E-state index >= 15 is 0 Å². The molecule has 0 aliphatic carbocycles. The first-order valence-electron chi connectivity index (χ1n) is 9.45. The van der Waals surface area contributed by atoms with Crippen LogP contribution in [0.4, 0.5) is 5.69 Å². The van der Waals surface area contributed by atoms with Gasteiger partial charge in [-0.3, -0.25) is 0 Å². The van der Waals surface area contributed by atoms with E-state index in [-0.39, 0.29) is 11.8 Å². The molecule has 2 aliphatic rings. The molecule has 3 nitrogen and oxygen atoms in total. The zero-order valence-corrected chi connectivity index (χ0v) is 15.2. The van der Waals surface area contributed by atoms with Crippen molar-refractivity contribution in [2.45, 2.75) is 38.5 Å². The molecule has 1 atom stereocenters. The van der Waals surface area contributed by atoms with Crippen LogP contribution in [0.15, 0.2) is 60.7 Å². The summed E-state index contributed by atoms with van der Waals surface area (Å²) in [7, 11) is 0. The molecule has 0 aromatic heterocycles. The van der Waals surface area contributed by atoms with E-state index in [0.29, 0.717) is 6.73 Å². The topological polar surface area (TPSA) is 21.7 Å². The Balaban J connectivity index is 1.71. The lowest BCUT2D eigenvalue weighted by atomic mass is 9.84. The molecular formula is C23H23NO2. The first-order valence-corrected chi connectivity index (χ1v) is 9.45. The van der Waals surface area contributed by atoms with Crippen molar-refractivity contribution in [2.24, 2.45) is 0 Å². The molecular weight excluding hydrogens is 322 g/mol. The molecule has 0 radical (unpaired) electrons. The Morgan fingerprint density at radius 2 is 1.65 bits per heavy atom. The average Bonchev–Trinajstić information content (AvgIpc) is 2.71. The van der Waals surface area contributed by atoms with E-state index in [4.69, 9.17) is 9.47 Å². The third-order valence-corrected chi connectivity index (χ3v) is 5.97. The highest BCUT2D eigenvalue weighted by Gasteiger charge is 2.45. The number of benzene rings is 3. The number of nitrogens with zero attached hydrogens (tertiary/aromatic N) is 1. The Bertz CT molecular complexity index is 977. The minimum absolute atomic E-state index is 0.113. The summed E-state index contributed by atoms with van der Waals surface area (Å²) in [5.74, 6) is 0.936. The van der Waals surface area contributed by atoms with Gasteiger partial charge in [-0.25, -0.2) is 0 Å². The molecule has 5 rings (SSSR count). The maximum Gasteiger partial charge on any atom is 0.163 e. The third-order valence-electron chi connectivity index (χ3n) is 5.97. The number of rotatable bonds is 2. The summed E-state index contributed by atoms with van der Waals surface area (Å²) in [6.07, 6.45) is 1.79. The lowest BCUT2D eigenvalue weighted by Crippen LogP contribution is -2.47. The second kappa shape index (κ2) is 5.75. The van der Waals surface area contributed by atoms with Crippen molar-refractivity contribution >= 4 is 16.5 Å². The maximum atomic E-state index is 6.82. The molecule has 0 fully saturated rings. The summed E-state index contributed by atoms with van der Waals surface area (Å²) in [6, 6.07) is 21.4. The van der Waals surface area contributed by atoms with Gasteiger partial charge in [0.25, 0.3) is 0 Å². The van der Waals surface area contributed by atoms with E-state index in [0.717, 1.165) is 24.2 Å². The fourth-order valence-electron chi connectivity index (χ4n) is 4.44. The van der Waals surface area contributed by atoms with E-state index < -0.39 is 0 Å². The van der Waals surface area contributed by atoms with Gasteiger partial charge >= 0.3 is 0 Å². The minimum atomic E-state index is -0.252. The van der Waals surface area contributed by atoms with E-state index in [1.807, 2.05) is 0 Å². The second-order valence-electron chi connectivity index (χ2n) is 7.17.